The van der Waals surface area contributed by atoms with Gasteiger partial charge in [0, 0.05) is 42.4 Å². The number of nitrogens with two attached hydrogens (primary N) is 2. The van der Waals surface area contributed by atoms with Crippen LogP contribution in [0.2, 0.25) is 0 Å². The minimum atomic E-state index is -1.11. The molecule has 3 rings (SSSR count). The first-order chi connectivity index (χ1) is 25.6. The topological polar surface area (TPSA) is 260 Å². The molecule has 6 amide bonds. The Bertz CT molecular complexity index is 1770. The number of para-hydroxylation sites is 1. The lowest BCUT2D eigenvalue weighted by molar-refractivity contribution is -0.135. The highest BCUT2D eigenvalue weighted by Crippen LogP contribution is 2.26. The van der Waals surface area contributed by atoms with Crippen LogP contribution < -0.4 is 38.1 Å². The number of hydrogen-bond donors (Lipinski definition) is 8. The first-order valence-corrected chi connectivity index (χ1v) is 18.1. The summed E-state index contributed by atoms with van der Waals surface area (Å²) in [4.78, 5) is 87.7. The molecule has 1 heterocycles. The number of fused-ring (bicyclic) bond motifs is 1. The normalized spacial score (nSPS) is 12.8. The molecule has 0 aliphatic heterocycles. The van der Waals surface area contributed by atoms with Crippen LogP contribution in [0, 0.1) is 17.8 Å². The average molecular weight is 748 g/mol. The van der Waals surface area contributed by atoms with Crippen molar-refractivity contribution < 1.29 is 33.6 Å². The number of carbonyl (C=O) groups excluding carboxylic acids is 7. The number of nitrogens with one attached hydrogen (secondary N) is 6. The number of aromatic amines is 1. The van der Waals surface area contributed by atoms with Gasteiger partial charge < -0.3 is 38.1 Å². The van der Waals surface area contributed by atoms with E-state index in [4.69, 9.17) is 11.5 Å². The zero-order chi connectivity index (χ0) is 39.8. The number of H-pyrrole nitrogens is 1. The molecule has 0 radical (unpaired) electrons. The summed E-state index contributed by atoms with van der Waals surface area (Å²) >= 11 is 0. The van der Waals surface area contributed by atoms with E-state index in [9.17, 15) is 33.6 Å². The van der Waals surface area contributed by atoms with Crippen molar-refractivity contribution in [2.75, 3.05) is 26.2 Å². The van der Waals surface area contributed by atoms with E-state index >= 15 is 0 Å². The van der Waals surface area contributed by atoms with Crippen molar-refractivity contribution in [2.24, 2.45) is 29.2 Å². The third-order valence-electron chi connectivity index (χ3n) is 8.47. The highest BCUT2D eigenvalue weighted by atomic mass is 16.2. The summed E-state index contributed by atoms with van der Waals surface area (Å²) in [6, 6.07) is 13.0. The number of hydrogen-bond acceptors (Lipinski definition) is 9. The predicted molar refractivity (Wildman–Crippen MR) is 203 cm³/mol. The molecule has 16 heteroatoms. The molecule has 0 saturated carbocycles. The van der Waals surface area contributed by atoms with Crippen LogP contribution >= 0.6 is 0 Å². The monoisotopic (exact) mass is 747 g/mol. The van der Waals surface area contributed by atoms with E-state index in [1.165, 1.54) is 0 Å². The van der Waals surface area contributed by atoms with Crippen LogP contribution in [-0.4, -0.2) is 89.7 Å². The van der Waals surface area contributed by atoms with Gasteiger partial charge in [0.05, 0.1) is 36.3 Å². The summed E-state index contributed by atoms with van der Waals surface area (Å²) in [5.74, 6) is -4.88. The van der Waals surface area contributed by atoms with Crippen LogP contribution in [-0.2, 0) is 28.8 Å². The zero-order valence-electron chi connectivity index (χ0n) is 31.3. The van der Waals surface area contributed by atoms with Crippen LogP contribution in [0.25, 0.3) is 22.2 Å². The van der Waals surface area contributed by atoms with Gasteiger partial charge in [0.15, 0.2) is 0 Å². The molecule has 0 aliphatic rings. The van der Waals surface area contributed by atoms with Gasteiger partial charge in [-0.3, -0.25) is 38.7 Å². The van der Waals surface area contributed by atoms with E-state index in [1.54, 1.807) is 12.1 Å². The van der Waals surface area contributed by atoms with Crippen molar-refractivity contribution in [1.82, 2.24) is 36.8 Å². The molecule has 0 bridgehead atoms. The largest absolute Gasteiger partial charge is 0.370 e. The van der Waals surface area contributed by atoms with E-state index in [0.717, 1.165) is 22.2 Å². The molecule has 10 N–H and O–H groups in total. The fourth-order valence-electron chi connectivity index (χ4n) is 5.70. The first kappa shape index (κ1) is 42.8. The molecule has 3 atom stereocenters. The van der Waals surface area contributed by atoms with Crippen LogP contribution in [0.4, 0.5) is 0 Å². The number of aromatic nitrogens is 2. The Labute approximate surface area is 314 Å². The van der Waals surface area contributed by atoms with Crippen LogP contribution in [0.1, 0.15) is 70.2 Å². The lowest BCUT2D eigenvalue weighted by Crippen LogP contribution is -2.51. The highest BCUT2D eigenvalue weighted by Gasteiger charge is 2.30. The van der Waals surface area contributed by atoms with Gasteiger partial charge in [0.2, 0.25) is 29.5 Å². The predicted octanol–water partition coefficient (Wildman–Crippen LogP) is 1.05. The summed E-state index contributed by atoms with van der Waals surface area (Å²) in [5, 5.41) is 21.3. The molecule has 1 aromatic heterocycles. The van der Waals surface area contributed by atoms with Crippen LogP contribution in [0.15, 0.2) is 48.5 Å². The molecule has 16 nitrogen and oxygen atoms in total. The Morgan fingerprint density at radius 1 is 0.741 bits per heavy atom. The van der Waals surface area contributed by atoms with Gasteiger partial charge in [-0.15, -0.1) is 0 Å². The van der Waals surface area contributed by atoms with Crippen molar-refractivity contribution in [3.05, 3.63) is 54.1 Å². The summed E-state index contributed by atoms with van der Waals surface area (Å²) in [7, 11) is 0. The second-order valence-electron chi connectivity index (χ2n) is 14.1. The van der Waals surface area contributed by atoms with Gasteiger partial charge in [0.25, 0.3) is 5.91 Å². The SMILES string of the molecule is CC(C)C[C@H](NC(=O)[C@H](CC(N)=O)CC(=O)[C@@H](N)CC(C)C)C(=O)NCC(=O)NCC(=O)NCCCNC(=O)c1ccc(-c2n[nH]c3ccccc23)cc1. The Morgan fingerprint density at radius 2 is 1.37 bits per heavy atom. The van der Waals surface area contributed by atoms with Crippen LogP contribution in [0.3, 0.4) is 0 Å². The van der Waals surface area contributed by atoms with Crippen molar-refractivity contribution in [1.29, 1.82) is 0 Å². The van der Waals surface area contributed by atoms with Gasteiger partial charge in [-0.1, -0.05) is 58.0 Å². The van der Waals surface area contributed by atoms with Crippen molar-refractivity contribution in [3.8, 4) is 11.3 Å². The Hall–Kier alpha value is -5.64. The number of primary amides is 1. The number of Topliss-reactive ketones (excluding diaryl/α,β-unsaturated/α-hetero) is 1. The van der Waals surface area contributed by atoms with Gasteiger partial charge in [-0.25, -0.2) is 0 Å². The van der Waals surface area contributed by atoms with Gasteiger partial charge in [0.1, 0.15) is 11.8 Å². The molecule has 0 spiro atoms. The van der Waals surface area contributed by atoms with Crippen molar-refractivity contribution in [3.63, 3.8) is 0 Å². The second-order valence-corrected chi connectivity index (χ2v) is 14.1. The minimum Gasteiger partial charge on any atom is -0.370 e. The summed E-state index contributed by atoms with van der Waals surface area (Å²) in [6.07, 6.45) is 0.358. The number of carbonyl (C=O) groups is 7. The Balaban J connectivity index is 1.37. The summed E-state index contributed by atoms with van der Waals surface area (Å²) in [6.45, 7) is 7.24. The van der Waals surface area contributed by atoms with E-state index in [1.807, 2.05) is 64.1 Å². The molecule has 0 aliphatic carbocycles. The molecular weight excluding hydrogens is 694 g/mol. The van der Waals surface area contributed by atoms with Crippen molar-refractivity contribution in [2.45, 2.75) is 71.9 Å². The van der Waals surface area contributed by atoms with E-state index < -0.39 is 60.5 Å². The Kier molecular flexibility index (Phi) is 16.8. The lowest BCUT2D eigenvalue weighted by atomic mass is 9.91. The fraction of sp³-hybridized carbons (Fsp3) is 0.474. The third kappa shape index (κ3) is 14.1. The van der Waals surface area contributed by atoms with Gasteiger partial charge in [-0.05, 0) is 49.3 Å². The molecule has 0 saturated heterocycles. The number of benzene rings is 2. The zero-order valence-corrected chi connectivity index (χ0v) is 31.3. The molecule has 0 fully saturated rings. The van der Waals surface area contributed by atoms with Crippen LogP contribution in [0.5, 0.6) is 0 Å². The molecular formula is C38H53N9O7. The number of amides is 6. The number of ketones is 1. The standard InChI is InChI=1S/C38H53N9O7/c1-22(2)16-28(39)31(48)18-26(19-32(40)49)37(53)45-30(17-23(3)4)38(54)44-21-34(51)43-20-33(50)41-14-7-15-42-36(52)25-12-10-24(11-13-25)35-27-8-5-6-9-29(27)46-47-35/h5-6,8-13,22-23,26,28,30H,7,14-21,39H2,1-4H3,(H2,40,49)(H,41,50)(H,42,52)(H,43,51)(H,44,54)(H,45,53)(H,46,47)/t26-,28-,30-/m0/s1. The lowest BCUT2D eigenvalue weighted by Gasteiger charge is -2.23. The van der Waals surface area contributed by atoms with Gasteiger partial charge in [-0.2, -0.15) is 5.10 Å². The molecule has 0 unspecified atom stereocenters. The first-order valence-electron chi connectivity index (χ1n) is 18.1. The summed E-state index contributed by atoms with van der Waals surface area (Å²) in [5.41, 5.74) is 14.4. The van der Waals surface area contributed by atoms with Gasteiger partial charge >= 0.3 is 0 Å². The maximum Gasteiger partial charge on any atom is 0.251 e. The average Bonchev–Trinajstić information content (AvgIpc) is 3.55. The fourth-order valence-corrected chi connectivity index (χ4v) is 5.70. The van der Waals surface area contributed by atoms with E-state index in [-0.39, 0.29) is 49.5 Å². The van der Waals surface area contributed by atoms with Crippen molar-refractivity contribution >= 4 is 52.1 Å². The number of nitrogens with zero attached hydrogens (tertiary/aromatic N) is 1. The molecule has 2 aromatic carbocycles. The number of rotatable bonds is 22. The maximum atomic E-state index is 13.1. The quantitative estimate of drug-likeness (QED) is 0.0683. The molecule has 3 aromatic rings. The maximum absolute atomic E-state index is 13.1. The minimum absolute atomic E-state index is 0.0385. The van der Waals surface area contributed by atoms with E-state index in [0.29, 0.717) is 24.9 Å². The highest BCUT2D eigenvalue weighted by molar-refractivity contribution is 5.97. The second kappa shape index (κ2) is 21.2. The smallest absolute Gasteiger partial charge is 0.251 e. The molecule has 292 valence electrons. The van der Waals surface area contributed by atoms with E-state index in [2.05, 4.69) is 36.8 Å². The Morgan fingerprint density at radius 3 is 2.04 bits per heavy atom. The molecule has 54 heavy (non-hydrogen) atoms. The third-order valence-corrected chi connectivity index (χ3v) is 8.47. The summed E-state index contributed by atoms with van der Waals surface area (Å²) < 4.78 is 0.